The van der Waals surface area contributed by atoms with Crippen LogP contribution in [0, 0.1) is 0 Å². The molecule has 182 valence electrons. The lowest BCUT2D eigenvalue weighted by atomic mass is 9.74. The summed E-state index contributed by atoms with van der Waals surface area (Å²) in [7, 11) is 0. The van der Waals surface area contributed by atoms with Gasteiger partial charge in [-0.2, -0.15) is 0 Å². The van der Waals surface area contributed by atoms with E-state index in [1.165, 1.54) is 25.7 Å². The molecule has 1 aliphatic heterocycles. The molecule has 35 heavy (non-hydrogen) atoms. The van der Waals surface area contributed by atoms with Crippen LogP contribution in [0.4, 0.5) is 0 Å². The van der Waals surface area contributed by atoms with E-state index in [1.807, 2.05) is 0 Å². The number of piperidine rings is 1. The van der Waals surface area contributed by atoms with E-state index in [0.29, 0.717) is 12.0 Å². The Kier molecular flexibility index (Phi) is 6.78. The molecule has 0 aromatic heterocycles. The molecule has 1 heterocycles. The van der Waals surface area contributed by atoms with Gasteiger partial charge in [0.25, 0.3) is 0 Å². The minimum Gasteiger partial charge on any atom is -0.508 e. The molecule has 3 aromatic rings. The van der Waals surface area contributed by atoms with Crippen molar-refractivity contribution in [3.05, 3.63) is 95.1 Å². The van der Waals surface area contributed by atoms with E-state index in [2.05, 4.69) is 34.5 Å². The van der Waals surface area contributed by atoms with Crippen LogP contribution in [0.25, 0.3) is 0 Å². The first-order valence-electron chi connectivity index (χ1n) is 12.7. The SMILES string of the molecule is O=C(NCCCN1CCC2(CCc3ccccc32)CC1)C(c1ccc(O)cc1)c1ccc(O)cc1. The second kappa shape index (κ2) is 10.1. The predicted octanol–water partition coefficient (Wildman–Crippen LogP) is 4.72. The summed E-state index contributed by atoms with van der Waals surface area (Å²) in [6.45, 7) is 3.84. The number of rotatable bonds is 7. The van der Waals surface area contributed by atoms with Crippen LogP contribution in [-0.2, 0) is 16.6 Å². The number of nitrogens with one attached hydrogen (secondary N) is 1. The molecule has 1 aliphatic carbocycles. The van der Waals surface area contributed by atoms with E-state index in [1.54, 1.807) is 59.7 Å². The number of carbonyl (C=O) groups excluding carboxylic acids is 1. The standard InChI is InChI=1S/C30H34N2O3/c33-25-10-6-23(7-11-25)28(24-8-12-26(34)13-9-24)29(35)31-18-3-19-32-20-16-30(17-21-32)15-14-22-4-1-2-5-27(22)30/h1-2,4-13,28,33-34H,3,14-21H2,(H,31,35). The van der Waals surface area contributed by atoms with Gasteiger partial charge in [-0.1, -0.05) is 48.5 Å². The average Bonchev–Trinajstić information content (AvgIpc) is 3.24. The normalized spacial score (nSPS) is 16.9. The zero-order valence-corrected chi connectivity index (χ0v) is 20.1. The molecule has 1 spiro atoms. The number of hydrogen-bond acceptors (Lipinski definition) is 4. The topological polar surface area (TPSA) is 72.8 Å². The summed E-state index contributed by atoms with van der Waals surface area (Å²) >= 11 is 0. The van der Waals surface area contributed by atoms with Gasteiger partial charge < -0.3 is 20.4 Å². The van der Waals surface area contributed by atoms with Gasteiger partial charge in [0.05, 0.1) is 5.92 Å². The molecule has 0 bridgehead atoms. The van der Waals surface area contributed by atoms with Crippen molar-refractivity contribution in [3.8, 4) is 11.5 Å². The highest BCUT2D eigenvalue weighted by atomic mass is 16.3. The molecule has 5 heteroatoms. The Morgan fingerprint density at radius 1 is 0.857 bits per heavy atom. The van der Waals surface area contributed by atoms with Crippen molar-refractivity contribution in [2.75, 3.05) is 26.2 Å². The summed E-state index contributed by atoms with van der Waals surface area (Å²) in [6.07, 6.45) is 5.85. The number of aryl methyl sites for hydroxylation is 1. The maximum Gasteiger partial charge on any atom is 0.232 e. The van der Waals surface area contributed by atoms with Gasteiger partial charge in [-0.15, -0.1) is 0 Å². The van der Waals surface area contributed by atoms with Crippen molar-refractivity contribution in [2.24, 2.45) is 0 Å². The monoisotopic (exact) mass is 470 g/mol. The van der Waals surface area contributed by atoms with Crippen molar-refractivity contribution < 1.29 is 15.0 Å². The lowest BCUT2D eigenvalue weighted by molar-refractivity contribution is -0.121. The van der Waals surface area contributed by atoms with Gasteiger partial charge in [0.2, 0.25) is 5.91 Å². The second-order valence-electron chi connectivity index (χ2n) is 10.0. The molecule has 0 radical (unpaired) electrons. The highest BCUT2D eigenvalue weighted by Gasteiger charge is 2.40. The molecule has 1 amide bonds. The fourth-order valence-electron chi connectivity index (χ4n) is 5.93. The Morgan fingerprint density at radius 3 is 2.09 bits per heavy atom. The lowest BCUT2D eigenvalue weighted by Crippen LogP contribution is -2.42. The zero-order chi connectivity index (χ0) is 24.3. The Labute approximate surface area is 207 Å². The van der Waals surface area contributed by atoms with Gasteiger partial charge in [0, 0.05) is 6.54 Å². The smallest absolute Gasteiger partial charge is 0.232 e. The predicted molar refractivity (Wildman–Crippen MR) is 138 cm³/mol. The highest BCUT2D eigenvalue weighted by molar-refractivity contribution is 5.87. The number of phenolic OH excluding ortho intramolecular Hbond substituents is 2. The molecule has 2 aliphatic rings. The number of likely N-dealkylation sites (tertiary alicyclic amines) is 1. The van der Waals surface area contributed by atoms with Crippen LogP contribution in [-0.4, -0.2) is 47.2 Å². The molecular weight excluding hydrogens is 436 g/mol. The van der Waals surface area contributed by atoms with Crippen LogP contribution >= 0.6 is 0 Å². The van der Waals surface area contributed by atoms with Crippen molar-refractivity contribution >= 4 is 5.91 Å². The van der Waals surface area contributed by atoms with Gasteiger partial charge in [0.1, 0.15) is 11.5 Å². The molecular formula is C30H34N2O3. The molecule has 1 fully saturated rings. The van der Waals surface area contributed by atoms with E-state index >= 15 is 0 Å². The van der Waals surface area contributed by atoms with Gasteiger partial charge in [-0.05, 0) is 104 Å². The first kappa shape index (κ1) is 23.4. The fourth-order valence-corrected chi connectivity index (χ4v) is 5.93. The van der Waals surface area contributed by atoms with E-state index in [-0.39, 0.29) is 17.4 Å². The van der Waals surface area contributed by atoms with Crippen LogP contribution < -0.4 is 5.32 Å². The van der Waals surface area contributed by atoms with E-state index in [4.69, 9.17) is 0 Å². The average molecular weight is 471 g/mol. The third-order valence-electron chi connectivity index (χ3n) is 7.94. The number of aromatic hydroxyl groups is 2. The van der Waals surface area contributed by atoms with Gasteiger partial charge in [-0.25, -0.2) is 0 Å². The molecule has 5 rings (SSSR count). The molecule has 0 unspecified atom stereocenters. The minimum atomic E-state index is -0.492. The van der Waals surface area contributed by atoms with Gasteiger partial charge >= 0.3 is 0 Å². The summed E-state index contributed by atoms with van der Waals surface area (Å²) in [5, 5.41) is 22.4. The maximum atomic E-state index is 13.2. The molecule has 3 N–H and O–H groups in total. The first-order valence-corrected chi connectivity index (χ1v) is 12.7. The highest BCUT2D eigenvalue weighted by Crippen LogP contribution is 2.46. The maximum absolute atomic E-state index is 13.2. The Hall–Kier alpha value is -3.31. The first-order chi connectivity index (χ1) is 17.0. The Morgan fingerprint density at radius 2 is 1.46 bits per heavy atom. The van der Waals surface area contributed by atoms with E-state index < -0.39 is 5.92 Å². The Balaban J connectivity index is 1.14. The van der Waals surface area contributed by atoms with E-state index in [0.717, 1.165) is 37.2 Å². The van der Waals surface area contributed by atoms with Gasteiger partial charge in [-0.3, -0.25) is 4.79 Å². The summed E-state index contributed by atoms with van der Waals surface area (Å²) in [6, 6.07) is 22.5. The summed E-state index contributed by atoms with van der Waals surface area (Å²) in [5.74, 6) is -0.221. The van der Waals surface area contributed by atoms with Crippen molar-refractivity contribution in [1.29, 1.82) is 0 Å². The number of amides is 1. The Bertz CT molecular complexity index is 1100. The summed E-state index contributed by atoms with van der Waals surface area (Å²) < 4.78 is 0. The summed E-state index contributed by atoms with van der Waals surface area (Å²) in [4.78, 5) is 15.7. The van der Waals surface area contributed by atoms with Crippen LogP contribution in [0.15, 0.2) is 72.8 Å². The zero-order valence-electron chi connectivity index (χ0n) is 20.1. The van der Waals surface area contributed by atoms with Crippen LogP contribution in [0.1, 0.15) is 53.9 Å². The lowest BCUT2D eigenvalue weighted by Gasteiger charge is -2.40. The molecule has 0 atom stereocenters. The van der Waals surface area contributed by atoms with Gasteiger partial charge in [0.15, 0.2) is 0 Å². The molecule has 1 saturated heterocycles. The van der Waals surface area contributed by atoms with Crippen LogP contribution in [0.3, 0.4) is 0 Å². The largest absolute Gasteiger partial charge is 0.508 e. The number of benzene rings is 3. The molecule has 0 saturated carbocycles. The van der Waals surface area contributed by atoms with Crippen molar-refractivity contribution in [1.82, 2.24) is 10.2 Å². The van der Waals surface area contributed by atoms with E-state index in [9.17, 15) is 15.0 Å². The number of carbonyl (C=O) groups is 1. The molecule has 3 aromatic carbocycles. The number of hydrogen-bond donors (Lipinski definition) is 3. The number of fused-ring (bicyclic) bond motifs is 2. The third-order valence-corrected chi connectivity index (χ3v) is 7.94. The third kappa shape index (κ3) is 5.06. The van der Waals surface area contributed by atoms with Crippen molar-refractivity contribution in [2.45, 2.75) is 43.4 Å². The van der Waals surface area contributed by atoms with Crippen molar-refractivity contribution in [3.63, 3.8) is 0 Å². The summed E-state index contributed by atoms with van der Waals surface area (Å²) in [5.41, 5.74) is 5.12. The fraction of sp³-hybridized carbons (Fsp3) is 0.367. The van der Waals surface area contributed by atoms with Crippen LogP contribution in [0.5, 0.6) is 11.5 Å². The number of phenols is 2. The number of nitrogens with zero attached hydrogens (tertiary/aromatic N) is 1. The molecule has 5 nitrogen and oxygen atoms in total. The van der Waals surface area contributed by atoms with Crippen LogP contribution in [0.2, 0.25) is 0 Å². The minimum absolute atomic E-state index is 0.0680. The quantitative estimate of drug-likeness (QED) is 0.437. The second-order valence-corrected chi connectivity index (χ2v) is 10.0.